The minimum atomic E-state index is -1.37. The molecule has 11 heteroatoms. The number of anilines is 1. The fourth-order valence-electron chi connectivity index (χ4n) is 3.65. The van der Waals surface area contributed by atoms with Gasteiger partial charge in [0.2, 0.25) is 5.90 Å². The second kappa shape index (κ2) is 10.3. The molecule has 0 amide bonds. The van der Waals surface area contributed by atoms with Crippen molar-refractivity contribution in [3.8, 4) is 11.3 Å². The molecule has 1 aromatic heterocycles. The first-order valence-electron chi connectivity index (χ1n) is 11.2. The number of nitrogens with zero attached hydrogens (tertiary/aromatic N) is 4. The summed E-state index contributed by atoms with van der Waals surface area (Å²) in [5.74, 6) is -1.86. The topological polar surface area (TPSA) is 70.8 Å². The van der Waals surface area contributed by atoms with Crippen LogP contribution in [-0.4, -0.2) is 27.1 Å². The van der Waals surface area contributed by atoms with Crippen molar-refractivity contribution in [3.05, 3.63) is 87.2 Å². The molecule has 1 aliphatic heterocycles. The van der Waals surface area contributed by atoms with E-state index in [1.807, 2.05) is 0 Å². The monoisotopic (exact) mass is 550 g/mol. The second-order valence-electron chi connectivity index (χ2n) is 9.00. The Labute approximate surface area is 222 Å². The van der Waals surface area contributed by atoms with E-state index in [1.165, 1.54) is 32.9 Å². The van der Waals surface area contributed by atoms with E-state index in [2.05, 4.69) is 15.0 Å². The van der Waals surface area contributed by atoms with Gasteiger partial charge in [-0.2, -0.15) is 0 Å². The minimum Gasteiger partial charge on any atom is -0.472 e. The quantitative estimate of drug-likeness (QED) is 0.387. The summed E-state index contributed by atoms with van der Waals surface area (Å²) >= 11 is 12.9. The Balaban J connectivity index is 1.61. The van der Waals surface area contributed by atoms with Crippen LogP contribution in [0.3, 0.4) is 0 Å². The second-order valence-corrected chi connectivity index (χ2v) is 9.81. The van der Waals surface area contributed by atoms with Gasteiger partial charge < -0.3 is 14.7 Å². The van der Waals surface area contributed by atoms with Crippen LogP contribution in [0.15, 0.2) is 52.8 Å². The van der Waals surface area contributed by atoms with E-state index in [-0.39, 0.29) is 40.2 Å². The first-order valence-corrected chi connectivity index (χ1v) is 12.0. The molecular formula is C26H23Cl2F3N4O2. The molecule has 1 atom stereocenters. The Bertz CT molecular complexity index is 1420. The van der Waals surface area contributed by atoms with Gasteiger partial charge in [0.25, 0.3) is 0 Å². The molecule has 1 aliphatic rings. The summed E-state index contributed by atoms with van der Waals surface area (Å²) in [5, 5.41) is 10.7. The average molecular weight is 551 g/mol. The van der Waals surface area contributed by atoms with E-state index in [1.54, 1.807) is 36.2 Å². The van der Waals surface area contributed by atoms with Gasteiger partial charge in [0.15, 0.2) is 11.6 Å². The fourth-order valence-corrected chi connectivity index (χ4v) is 4.08. The number of ether oxygens (including phenoxy) is 1. The van der Waals surface area contributed by atoms with Gasteiger partial charge in [-0.25, -0.2) is 28.1 Å². The first kappa shape index (κ1) is 26.9. The van der Waals surface area contributed by atoms with E-state index in [4.69, 9.17) is 27.9 Å². The predicted octanol–water partition coefficient (Wildman–Crippen LogP) is 6.61. The molecule has 6 nitrogen and oxygen atoms in total. The molecule has 0 aliphatic carbocycles. The summed E-state index contributed by atoms with van der Waals surface area (Å²) in [6.07, 6.45) is 2.00. The molecule has 2 aromatic carbocycles. The number of aliphatic imine (C=N–C) groups is 1. The van der Waals surface area contributed by atoms with Crippen molar-refractivity contribution >= 4 is 34.8 Å². The number of aliphatic hydroxyl groups is 1. The number of rotatable bonds is 5. The average Bonchev–Trinajstić information content (AvgIpc) is 2.84. The summed E-state index contributed by atoms with van der Waals surface area (Å²) in [6.45, 7) is 5.91. The minimum absolute atomic E-state index is 0.00563. The summed E-state index contributed by atoms with van der Waals surface area (Å²) in [5.41, 5.74) is -0.443. The fraction of sp³-hybridized carbons (Fsp3) is 0.269. The van der Waals surface area contributed by atoms with Crippen LogP contribution in [0.5, 0.6) is 0 Å². The zero-order chi connectivity index (χ0) is 27.1. The molecule has 2 heterocycles. The smallest absolute Gasteiger partial charge is 0.231 e. The SMILES string of the molecule is Cc1c(F)ccc(COC2=NC(C)N(c3cc(-c4nc(C(C)(C)O)ncc4F)ccc3Cl)C=C2Cl)c1F. The Morgan fingerprint density at radius 2 is 1.84 bits per heavy atom. The number of halogens is 5. The van der Waals surface area contributed by atoms with Crippen LogP contribution in [0.2, 0.25) is 5.02 Å². The Hall–Kier alpha value is -3.14. The van der Waals surface area contributed by atoms with Crippen molar-refractivity contribution in [3.63, 3.8) is 0 Å². The highest BCUT2D eigenvalue weighted by atomic mass is 35.5. The maximum absolute atomic E-state index is 14.6. The number of hydrogen-bond donors (Lipinski definition) is 1. The lowest BCUT2D eigenvalue weighted by molar-refractivity contribution is 0.0686. The van der Waals surface area contributed by atoms with Crippen LogP contribution in [0, 0.1) is 24.4 Å². The van der Waals surface area contributed by atoms with Gasteiger partial charge in [-0.1, -0.05) is 29.3 Å². The molecule has 0 saturated heterocycles. The highest BCUT2D eigenvalue weighted by Crippen LogP contribution is 2.36. The van der Waals surface area contributed by atoms with E-state index in [0.29, 0.717) is 16.3 Å². The zero-order valence-corrected chi connectivity index (χ0v) is 21.9. The Morgan fingerprint density at radius 1 is 1.11 bits per heavy atom. The van der Waals surface area contributed by atoms with Crippen molar-refractivity contribution < 1.29 is 23.0 Å². The molecule has 194 valence electrons. The zero-order valence-electron chi connectivity index (χ0n) is 20.4. The van der Waals surface area contributed by atoms with Gasteiger partial charge in [-0.05, 0) is 52.0 Å². The molecular weight excluding hydrogens is 528 g/mol. The van der Waals surface area contributed by atoms with Crippen LogP contribution in [0.4, 0.5) is 18.9 Å². The molecule has 0 saturated carbocycles. The maximum Gasteiger partial charge on any atom is 0.231 e. The third-order valence-corrected chi connectivity index (χ3v) is 6.30. The van der Waals surface area contributed by atoms with Gasteiger partial charge in [0.05, 0.1) is 16.9 Å². The van der Waals surface area contributed by atoms with Crippen molar-refractivity contribution in [2.45, 2.75) is 46.1 Å². The van der Waals surface area contributed by atoms with E-state index in [9.17, 15) is 18.3 Å². The van der Waals surface area contributed by atoms with E-state index in [0.717, 1.165) is 6.20 Å². The van der Waals surface area contributed by atoms with Crippen LogP contribution in [0.1, 0.15) is 37.7 Å². The molecule has 1 N–H and O–H groups in total. The molecule has 3 aromatic rings. The van der Waals surface area contributed by atoms with Crippen LogP contribution in [0.25, 0.3) is 11.3 Å². The number of hydrogen-bond acceptors (Lipinski definition) is 6. The van der Waals surface area contributed by atoms with Gasteiger partial charge in [0, 0.05) is 22.9 Å². The molecule has 1 unspecified atom stereocenters. The first-order chi connectivity index (χ1) is 17.4. The summed E-state index contributed by atoms with van der Waals surface area (Å²) in [4.78, 5) is 14.2. The number of aromatic nitrogens is 2. The lowest BCUT2D eigenvalue weighted by Gasteiger charge is -2.30. The predicted molar refractivity (Wildman–Crippen MR) is 137 cm³/mol. The third-order valence-electron chi connectivity index (χ3n) is 5.72. The van der Waals surface area contributed by atoms with Crippen LogP contribution in [-0.2, 0) is 16.9 Å². The van der Waals surface area contributed by atoms with Gasteiger partial charge in [0.1, 0.15) is 40.7 Å². The van der Waals surface area contributed by atoms with Crippen molar-refractivity contribution in [2.24, 2.45) is 4.99 Å². The summed E-state index contributed by atoms with van der Waals surface area (Å²) < 4.78 is 48.1. The molecule has 37 heavy (non-hydrogen) atoms. The Morgan fingerprint density at radius 3 is 2.54 bits per heavy atom. The van der Waals surface area contributed by atoms with Crippen molar-refractivity contribution in [1.29, 1.82) is 0 Å². The molecule has 0 bridgehead atoms. The van der Waals surface area contributed by atoms with Crippen LogP contribution >= 0.6 is 23.2 Å². The van der Waals surface area contributed by atoms with Gasteiger partial charge >= 0.3 is 0 Å². The van der Waals surface area contributed by atoms with E-state index >= 15 is 0 Å². The van der Waals surface area contributed by atoms with Crippen molar-refractivity contribution in [2.75, 3.05) is 4.90 Å². The largest absolute Gasteiger partial charge is 0.472 e. The van der Waals surface area contributed by atoms with Gasteiger partial charge in [-0.15, -0.1) is 0 Å². The van der Waals surface area contributed by atoms with Crippen molar-refractivity contribution in [1.82, 2.24) is 9.97 Å². The molecule has 0 radical (unpaired) electrons. The van der Waals surface area contributed by atoms with Crippen LogP contribution < -0.4 is 4.90 Å². The van der Waals surface area contributed by atoms with Gasteiger partial charge in [-0.3, -0.25) is 0 Å². The standard InChI is InChI=1S/C26H23Cl2F3N4O2/c1-13-19(29)8-6-16(22(13)31)12-37-24-18(28)11-35(14(2)33-24)21-9-15(5-7-17(21)27)23-20(30)10-32-25(34-23)26(3,4)36/h5-11,14,36H,12H2,1-4H3. The van der Waals surface area contributed by atoms with E-state index < -0.39 is 29.2 Å². The third kappa shape index (κ3) is 5.58. The Kier molecular flexibility index (Phi) is 7.50. The highest BCUT2D eigenvalue weighted by Gasteiger charge is 2.26. The summed E-state index contributed by atoms with van der Waals surface area (Å²) in [7, 11) is 0. The lowest BCUT2D eigenvalue weighted by atomic mass is 10.1. The number of benzene rings is 2. The highest BCUT2D eigenvalue weighted by molar-refractivity contribution is 6.42. The maximum atomic E-state index is 14.6. The normalized spacial score (nSPS) is 15.9. The molecule has 0 spiro atoms. The lowest BCUT2D eigenvalue weighted by Crippen LogP contribution is -2.32. The molecule has 4 rings (SSSR count). The summed E-state index contributed by atoms with van der Waals surface area (Å²) in [6, 6.07) is 7.28. The molecule has 0 fully saturated rings.